The summed E-state index contributed by atoms with van der Waals surface area (Å²) in [6, 6.07) is 4.13. The molecule has 0 aliphatic rings. The van der Waals surface area contributed by atoms with Gasteiger partial charge in [0.2, 0.25) is 0 Å². The molecule has 0 fully saturated rings. The van der Waals surface area contributed by atoms with E-state index < -0.39 is 0 Å². The lowest BCUT2D eigenvalue weighted by molar-refractivity contribution is 1.36. The van der Waals surface area contributed by atoms with E-state index in [-0.39, 0.29) is 0 Å². The van der Waals surface area contributed by atoms with Gasteiger partial charge in [-0.2, -0.15) is 0 Å². The lowest BCUT2D eigenvalue weighted by Crippen LogP contribution is -1.85. The van der Waals surface area contributed by atoms with Gasteiger partial charge in [-0.1, -0.05) is 35.9 Å². The van der Waals surface area contributed by atoms with E-state index in [9.17, 15) is 0 Å². The number of rotatable bonds is 1. The fourth-order valence-electron chi connectivity index (χ4n) is 1.19. The topological polar surface area (TPSA) is 0 Å². The minimum absolute atomic E-state index is 0.861. The minimum Gasteiger partial charge on any atom is -0.0955 e. The van der Waals surface area contributed by atoms with Gasteiger partial charge in [0.15, 0.2) is 0 Å². The van der Waals surface area contributed by atoms with E-state index in [0.717, 1.165) is 21.7 Å². The quantitative estimate of drug-likeness (QED) is 0.613. The predicted molar refractivity (Wildman–Crippen MR) is 55.6 cm³/mol. The molecule has 0 bridgehead atoms. The molecule has 1 rings (SSSR count). The zero-order valence-corrected chi connectivity index (χ0v) is 8.50. The lowest BCUT2D eigenvalue weighted by Gasteiger charge is -2.06. The molecular weight excluding hydrogens is 168 g/mol. The van der Waals surface area contributed by atoms with Gasteiger partial charge in [-0.15, -0.1) is 0 Å². The van der Waals surface area contributed by atoms with Crippen LogP contribution in [0.2, 0.25) is 5.02 Å². The van der Waals surface area contributed by atoms with E-state index in [0.29, 0.717) is 0 Å². The monoisotopic (exact) mass is 180 g/mol. The van der Waals surface area contributed by atoms with Crippen LogP contribution in [0, 0.1) is 13.8 Å². The smallest absolute Gasteiger partial charge is 0.0464 e. The summed E-state index contributed by atoms with van der Waals surface area (Å²) >= 11 is 6.02. The van der Waals surface area contributed by atoms with Gasteiger partial charge >= 0.3 is 0 Å². The van der Waals surface area contributed by atoms with Crippen molar-refractivity contribution in [3.63, 3.8) is 0 Å². The van der Waals surface area contributed by atoms with Crippen molar-refractivity contribution in [2.45, 2.75) is 20.8 Å². The molecule has 0 saturated carbocycles. The fourth-order valence-corrected chi connectivity index (χ4v) is 1.30. The van der Waals surface area contributed by atoms with Crippen LogP contribution in [0.1, 0.15) is 23.6 Å². The van der Waals surface area contributed by atoms with E-state index in [1.807, 2.05) is 20.8 Å². The van der Waals surface area contributed by atoms with Crippen LogP contribution in [0.3, 0.4) is 0 Å². The molecular formula is C11H13Cl. The molecule has 0 aliphatic carbocycles. The van der Waals surface area contributed by atoms with E-state index in [1.54, 1.807) is 0 Å². The summed E-state index contributed by atoms with van der Waals surface area (Å²) in [5.74, 6) is 0. The van der Waals surface area contributed by atoms with Gasteiger partial charge in [-0.05, 0) is 37.5 Å². The minimum atomic E-state index is 0.861. The first-order valence-electron chi connectivity index (χ1n) is 3.95. The second-order valence-corrected chi connectivity index (χ2v) is 3.58. The number of hydrogen-bond donors (Lipinski definition) is 0. The van der Waals surface area contributed by atoms with E-state index >= 15 is 0 Å². The molecule has 0 saturated heterocycles. The lowest BCUT2D eigenvalue weighted by atomic mass is 10.0. The SMILES string of the molecule is C=C(C)c1cc(C)c(Cl)c(C)c1. The third-order valence-corrected chi connectivity index (χ3v) is 2.53. The third kappa shape index (κ3) is 1.70. The van der Waals surface area contributed by atoms with Gasteiger partial charge in [0.1, 0.15) is 0 Å². The van der Waals surface area contributed by atoms with Crippen LogP contribution < -0.4 is 0 Å². The number of allylic oxidation sites excluding steroid dienone is 1. The molecule has 0 radical (unpaired) electrons. The second-order valence-electron chi connectivity index (χ2n) is 3.20. The van der Waals surface area contributed by atoms with Crippen LogP contribution >= 0.6 is 11.6 Å². The van der Waals surface area contributed by atoms with Gasteiger partial charge < -0.3 is 0 Å². The first-order valence-corrected chi connectivity index (χ1v) is 4.33. The van der Waals surface area contributed by atoms with Crippen LogP contribution in [0.5, 0.6) is 0 Å². The van der Waals surface area contributed by atoms with Crippen LogP contribution in [0.4, 0.5) is 0 Å². The van der Waals surface area contributed by atoms with Gasteiger partial charge in [0, 0.05) is 5.02 Å². The first kappa shape index (κ1) is 9.34. The average molecular weight is 181 g/mol. The molecule has 0 amide bonds. The zero-order valence-electron chi connectivity index (χ0n) is 7.74. The van der Waals surface area contributed by atoms with Gasteiger partial charge in [-0.25, -0.2) is 0 Å². The fraction of sp³-hybridized carbons (Fsp3) is 0.273. The average Bonchev–Trinajstić information content (AvgIpc) is 1.99. The maximum atomic E-state index is 6.02. The summed E-state index contributed by atoms with van der Waals surface area (Å²) in [6.07, 6.45) is 0. The van der Waals surface area contributed by atoms with Crippen molar-refractivity contribution in [3.8, 4) is 0 Å². The molecule has 0 aromatic heterocycles. The highest BCUT2D eigenvalue weighted by Crippen LogP contribution is 2.24. The molecule has 0 N–H and O–H groups in total. The Morgan fingerprint density at radius 1 is 1.25 bits per heavy atom. The number of aryl methyl sites for hydroxylation is 2. The number of hydrogen-bond acceptors (Lipinski definition) is 0. The van der Waals surface area contributed by atoms with E-state index in [1.165, 1.54) is 5.56 Å². The molecule has 0 unspecified atom stereocenters. The zero-order chi connectivity index (χ0) is 9.30. The van der Waals surface area contributed by atoms with Crippen molar-refractivity contribution in [3.05, 3.63) is 40.4 Å². The molecule has 12 heavy (non-hydrogen) atoms. The number of halogens is 1. The summed E-state index contributed by atoms with van der Waals surface area (Å²) in [5.41, 5.74) is 4.50. The highest BCUT2D eigenvalue weighted by molar-refractivity contribution is 6.32. The Labute approximate surface area is 78.9 Å². The molecule has 64 valence electrons. The highest BCUT2D eigenvalue weighted by Gasteiger charge is 2.02. The van der Waals surface area contributed by atoms with Crippen LogP contribution in [-0.2, 0) is 0 Å². The van der Waals surface area contributed by atoms with Gasteiger partial charge in [0.25, 0.3) is 0 Å². The predicted octanol–water partition coefficient (Wildman–Crippen LogP) is 3.99. The van der Waals surface area contributed by atoms with Crippen LogP contribution in [0.25, 0.3) is 5.57 Å². The van der Waals surface area contributed by atoms with Gasteiger partial charge in [0.05, 0.1) is 0 Å². The van der Waals surface area contributed by atoms with Crippen molar-refractivity contribution in [2.24, 2.45) is 0 Å². The Hall–Kier alpha value is -0.750. The molecule has 1 aromatic rings. The molecule has 0 nitrogen and oxygen atoms in total. The van der Waals surface area contributed by atoms with Crippen molar-refractivity contribution in [2.75, 3.05) is 0 Å². The summed E-state index contributed by atoms with van der Waals surface area (Å²) in [7, 11) is 0. The Balaban J connectivity index is 3.31. The summed E-state index contributed by atoms with van der Waals surface area (Å²) in [5, 5.41) is 0.861. The Kier molecular flexibility index (Phi) is 2.58. The van der Waals surface area contributed by atoms with E-state index in [4.69, 9.17) is 11.6 Å². The van der Waals surface area contributed by atoms with Crippen molar-refractivity contribution in [1.29, 1.82) is 0 Å². The van der Waals surface area contributed by atoms with Crippen molar-refractivity contribution < 1.29 is 0 Å². The molecule has 0 aliphatic heterocycles. The second kappa shape index (κ2) is 3.32. The van der Waals surface area contributed by atoms with Crippen LogP contribution in [-0.4, -0.2) is 0 Å². The Morgan fingerprint density at radius 3 is 2.00 bits per heavy atom. The van der Waals surface area contributed by atoms with Gasteiger partial charge in [-0.3, -0.25) is 0 Å². The third-order valence-electron chi connectivity index (χ3n) is 1.93. The highest BCUT2D eigenvalue weighted by atomic mass is 35.5. The largest absolute Gasteiger partial charge is 0.0955 e. The Morgan fingerprint density at radius 2 is 1.67 bits per heavy atom. The summed E-state index contributed by atoms with van der Waals surface area (Å²) < 4.78 is 0. The maximum Gasteiger partial charge on any atom is 0.0464 e. The number of benzene rings is 1. The molecule has 0 spiro atoms. The Bertz CT molecular complexity index is 301. The summed E-state index contributed by atoms with van der Waals surface area (Å²) in [6.45, 7) is 9.93. The molecule has 0 atom stereocenters. The molecule has 0 heterocycles. The summed E-state index contributed by atoms with van der Waals surface area (Å²) in [4.78, 5) is 0. The normalized spacial score (nSPS) is 10.0. The van der Waals surface area contributed by atoms with Crippen LogP contribution in [0.15, 0.2) is 18.7 Å². The van der Waals surface area contributed by atoms with Crippen molar-refractivity contribution >= 4 is 17.2 Å². The first-order chi connectivity index (χ1) is 5.52. The van der Waals surface area contributed by atoms with E-state index in [2.05, 4.69) is 18.7 Å². The molecule has 1 aromatic carbocycles. The maximum absolute atomic E-state index is 6.02. The van der Waals surface area contributed by atoms with Crippen molar-refractivity contribution in [1.82, 2.24) is 0 Å². The molecule has 1 heteroatoms. The standard InChI is InChI=1S/C11H13Cl/c1-7(2)10-5-8(3)11(12)9(4)6-10/h5-6H,1H2,2-4H3.